The van der Waals surface area contributed by atoms with Crippen molar-refractivity contribution in [3.63, 3.8) is 0 Å². The van der Waals surface area contributed by atoms with Crippen molar-refractivity contribution in [3.05, 3.63) is 72.3 Å². The predicted octanol–water partition coefficient (Wildman–Crippen LogP) is 4.90. The van der Waals surface area contributed by atoms with Crippen LogP contribution in [0.3, 0.4) is 0 Å². The summed E-state index contributed by atoms with van der Waals surface area (Å²) in [6.07, 6.45) is 0. The van der Waals surface area contributed by atoms with Gasteiger partial charge in [-0.05, 0) is 43.1 Å². The van der Waals surface area contributed by atoms with E-state index in [1.54, 1.807) is 12.1 Å². The standard InChI is InChI=1S/C22H22F2N2O2/c1-15(26(2)14-16-10-12-18(13-11-16)28-22(23)24)21(27)25-20-9-5-7-17-6-3-4-8-19(17)20/h3-13,15,22H,14H2,1-2H3,(H,25,27). The van der Waals surface area contributed by atoms with Crippen molar-refractivity contribution in [1.82, 2.24) is 4.90 Å². The van der Waals surface area contributed by atoms with Gasteiger partial charge in [0.05, 0.1) is 6.04 Å². The van der Waals surface area contributed by atoms with Crippen molar-refractivity contribution < 1.29 is 18.3 Å². The molecule has 28 heavy (non-hydrogen) atoms. The molecule has 0 saturated carbocycles. The molecule has 0 fully saturated rings. The van der Waals surface area contributed by atoms with Crippen LogP contribution >= 0.6 is 0 Å². The molecule has 1 N–H and O–H groups in total. The van der Waals surface area contributed by atoms with Crippen molar-refractivity contribution in [2.75, 3.05) is 12.4 Å². The normalized spacial score (nSPS) is 12.4. The summed E-state index contributed by atoms with van der Waals surface area (Å²) in [7, 11) is 1.84. The maximum Gasteiger partial charge on any atom is 0.387 e. The number of likely N-dealkylation sites (N-methyl/N-ethyl adjacent to an activating group) is 1. The van der Waals surface area contributed by atoms with E-state index in [1.807, 2.05) is 61.3 Å². The summed E-state index contributed by atoms with van der Waals surface area (Å²) < 4.78 is 28.8. The summed E-state index contributed by atoms with van der Waals surface area (Å²) in [5.41, 5.74) is 1.67. The van der Waals surface area contributed by atoms with Gasteiger partial charge in [-0.15, -0.1) is 0 Å². The minimum absolute atomic E-state index is 0.114. The van der Waals surface area contributed by atoms with Crippen LogP contribution in [-0.4, -0.2) is 30.5 Å². The van der Waals surface area contributed by atoms with Crippen LogP contribution in [0.1, 0.15) is 12.5 Å². The molecule has 4 nitrogen and oxygen atoms in total. The first-order valence-electron chi connectivity index (χ1n) is 8.96. The average Bonchev–Trinajstić information content (AvgIpc) is 2.68. The summed E-state index contributed by atoms with van der Waals surface area (Å²) in [6.45, 7) is -0.514. The maximum atomic E-state index is 12.7. The summed E-state index contributed by atoms with van der Waals surface area (Å²) in [5, 5.41) is 5.05. The Labute approximate surface area is 162 Å². The van der Waals surface area contributed by atoms with Gasteiger partial charge in [0.15, 0.2) is 0 Å². The van der Waals surface area contributed by atoms with E-state index in [0.29, 0.717) is 6.54 Å². The minimum atomic E-state index is -2.84. The van der Waals surface area contributed by atoms with Crippen molar-refractivity contribution in [1.29, 1.82) is 0 Å². The number of carbonyl (C=O) groups excluding carboxylic acids is 1. The molecule has 3 rings (SSSR count). The van der Waals surface area contributed by atoms with Crippen molar-refractivity contribution in [2.45, 2.75) is 26.1 Å². The Kier molecular flexibility index (Phi) is 6.21. The largest absolute Gasteiger partial charge is 0.435 e. The van der Waals surface area contributed by atoms with Crippen molar-refractivity contribution in [2.24, 2.45) is 0 Å². The lowest BCUT2D eigenvalue weighted by molar-refractivity contribution is -0.120. The number of carbonyl (C=O) groups is 1. The van der Waals surface area contributed by atoms with Crippen molar-refractivity contribution in [3.8, 4) is 5.75 Å². The molecular weight excluding hydrogens is 362 g/mol. The van der Waals surface area contributed by atoms with Gasteiger partial charge in [-0.2, -0.15) is 8.78 Å². The Balaban J connectivity index is 1.64. The number of nitrogens with one attached hydrogen (secondary N) is 1. The molecule has 1 amide bonds. The number of nitrogens with zero attached hydrogens (tertiary/aromatic N) is 1. The zero-order valence-corrected chi connectivity index (χ0v) is 15.7. The van der Waals surface area contributed by atoms with E-state index in [2.05, 4.69) is 10.1 Å². The summed E-state index contributed by atoms with van der Waals surface area (Å²) in [4.78, 5) is 14.6. The minimum Gasteiger partial charge on any atom is -0.435 e. The number of halogens is 2. The van der Waals surface area contributed by atoms with Gasteiger partial charge in [0, 0.05) is 17.6 Å². The molecule has 0 aliphatic carbocycles. The number of benzene rings is 3. The van der Waals surface area contributed by atoms with Gasteiger partial charge in [-0.25, -0.2) is 0 Å². The van der Waals surface area contributed by atoms with E-state index in [1.165, 1.54) is 12.1 Å². The highest BCUT2D eigenvalue weighted by molar-refractivity contribution is 6.03. The van der Waals surface area contributed by atoms with E-state index in [9.17, 15) is 13.6 Å². The molecule has 1 atom stereocenters. The Hall–Kier alpha value is -2.99. The highest BCUT2D eigenvalue weighted by Gasteiger charge is 2.19. The first-order chi connectivity index (χ1) is 13.4. The van der Waals surface area contributed by atoms with Crippen LogP contribution in [0.5, 0.6) is 5.75 Å². The van der Waals surface area contributed by atoms with Gasteiger partial charge >= 0.3 is 6.61 Å². The molecule has 0 heterocycles. The van der Waals surface area contributed by atoms with Crippen LogP contribution < -0.4 is 10.1 Å². The van der Waals surface area contributed by atoms with Gasteiger partial charge in [0.1, 0.15) is 5.75 Å². The van der Waals surface area contributed by atoms with Crippen LogP contribution in [0.25, 0.3) is 10.8 Å². The quantitative estimate of drug-likeness (QED) is 0.630. The molecule has 0 aromatic heterocycles. The highest BCUT2D eigenvalue weighted by Crippen LogP contribution is 2.23. The number of hydrogen-bond donors (Lipinski definition) is 1. The second kappa shape index (κ2) is 8.80. The maximum absolute atomic E-state index is 12.7. The third-order valence-corrected chi connectivity index (χ3v) is 4.67. The zero-order chi connectivity index (χ0) is 20.1. The zero-order valence-electron chi connectivity index (χ0n) is 15.7. The monoisotopic (exact) mass is 384 g/mol. The number of amides is 1. The van der Waals surface area contributed by atoms with E-state index in [-0.39, 0.29) is 17.7 Å². The van der Waals surface area contributed by atoms with Crippen LogP contribution in [0.15, 0.2) is 66.7 Å². The lowest BCUT2D eigenvalue weighted by atomic mass is 10.1. The SMILES string of the molecule is CC(C(=O)Nc1cccc2ccccc12)N(C)Cc1ccc(OC(F)F)cc1. The Morgan fingerprint density at radius 3 is 2.43 bits per heavy atom. The van der Waals surface area contributed by atoms with Crippen molar-refractivity contribution >= 4 is 22.4 Å². The Morgan fingerprint density at radius 1 is 1.04 bits per heavy atom. The molecule has 3 aromatic rings. The summed E-state index contributed by atoms with van der Waals surface area (Å²) in [6, 6.07) is 19.7. The van der Waals surface area contributed by atoms with E-state index in [4.69, 9.17) is 0 Å². The molecule has 146 valence electrons. The highest BCUT2D eigenvalue weighted by atomic mass is 19.3. The second-order valence-electron chi connectivity index (χ2n) is 6.63. The van der Waals surface area contributed by atoms with Gasteiger partial charge in [-0.1, -0.05) is 48.5 Å². The summed E-state index contributed by atoms with van der Waals surface area (Å²) >= 11 is 0. The predicted molar refractivity (Wildman–Crippen MR) is 107 cm³/mol. The number of anilines is 1. The number of ether oxygens (including phenoxy) is 1. The average molecular weight is 384 g/mol. The molecule has 0 aliphatic heterocycles. The number of rotatable bonds is 7. The number of hydrogen-bond acceptors (Lipinski definition) is 3. The van der Waals surface area contributed by atoms with Gasteiger partial charge in [0.2, 0.25) is 5.91 Å². The molecule has 3 aromatic carbocycles. The van der Waals surface area contributed by atoms with Crippen LogP contribution in [0, 0.1) is 0 Å². The molecule has 0 radical (unpaired) electrons. The fraction of sp³-hybridized carbons (Fsp3) is 0.227. The fourth-order valence-corrected chi connectivity index (χ4v) is 2.97. The molecule has 0 spiro atoms. The van der Waals surface area contributed by atoms with Crippen LogP contribution in [0.2, 0.25) is 0 Å². The number of alkyl halides is 2. The third-order valence-electron chi connectivity index (χ3n) is 4.67. The first kappa shape index (κ1) is 19.8. The molecule has 0 aliphatic rings. The lowest BCUT2D eigenvalue weighted by Crippen LogP contribution is -2.39. The van der Waals surface area contributed by atoms with Crippen LogP contribution in [0.4, 0.5) is 14.5 Å². The van der Waals surface area contributed by atoms with Gasteiger partial charge < -0.3 is 10.1 Å². The molecule has 0 bridgehead atoms. The molecule has 6 heteroatoms. The Bertz CT molecular complexity index is 939. The first-order valence-corrected chi connectivity index (χ1v) is 8.96. The van der Waals surface area contributed by atoms with E-state index in [0.717, 1.165) is 22.0 Å². The van der Waals surface area contributed by atoms with E-state index < -0.39 is 6.61 Å². The van der Waals surface area contributed by atoms with Crippen LogP contribution in [-0.2, 0) is 11.3 Å². The van der Waals surface area contributed by atoms with E-state index >= 15 is 0 Å². The third kappa shape index (κ3) is 4.84. The fourth-order valence-electron chi connectivity index (χ4n) is 2.97. The molecule has 1 unspecified atom stereocenters. The smallest absolute Gasteiger partial charge is 0.387 e. The molecule has 0 saturated heterocycles. The number of fused-ring (bicyclic) bond motifs is 1. The van der Waals surface area contributed by atoms with Gasteiger partial charge in [-0.3, -0.25) is 9.69 Å². The summed E-state index contributed by atoms with van der Waals surface area (Å²) in [5.74, 6) is -0.000317. The van der Waals surface area contributed by atoms with Gasteiger partial charge in [0.25, 0.3) is 0 Å². The second-order valence-corrected chi connectivity index (χ2v) is 6.63. The molecular formula is C22H22F2N2O2. The lowest BCUT2D eigenvalue weighted by Gasteiger charge is -2.24. The Morgan fingerprint density at radius 2 is 1.71 bits per heavy atom. The topological polar surface area (TPSA) is 41.6 Å².